The number of hydrogen-bond acceptors (Lipinski definition) is 1. The molecule has 12 heavy (non-hydrogen) atoms. The van der Waals surface area contributed by atoms with Crippen LogP contribution in [0.25, 0.3) is 0 Å². The molecule has 0 bridgehead atoms. The number of aryl methyl sites for hydroxylation is 1. The van der Waals surface area contributed by atoms with Gasteiger partial charge in [0.05, 0.1) is 0 Å². The number of carbonyl (C=O) groups is 1. The summed E-state index contributed by atoms with van der Waals surface area (Å²) in [5.74, 6) is -0.742. The zero-order valence-electron chi connectivity index (χ0n) is 6.47. The molecule has 0 heterocycles. The summed E-state index contributed by atoms with van der Waals surface area (Å²) in [6.07, 6.45) is 0.834. The van der Waals surface area contributed by atoms with Crippen LogP contribution in [0.15, 0.2) is 30.3 Å². The van der Waals surface area contributed by atoms with Crippen molar-refractivity contribution in [1.82, 2.24) is 0 Å². The van der Waals surface area contributed by atoms with E-state index in [4.69, 9.17) is 5.11 Å². The van der Waals surface area contributed by atoms with Gasteiger partial charge in [-0.15, -0.1) is 0 Å². The molecule has 0 radical (unpaired) electrons. The van der Waals surface area contributed by atoms with E-state index in [1.165, 1.54) is 0 Å². The first-order valence-corrected chi connectivity index (χ1v) is 3.55. The summed E-state index contributed by atoms with van der Waals surface area (Å²) in [4.78, 5) is 10.2. The summed E-state index contributed by atoms with van der Waals surface area (Å²) >= 11 is 0. The number of rotatable bonds is 3. The van der Waals surface area contributed by atoms with Crippen molar-refractivity contribution in [2.45, 2.75) is 12.8 Å². The number of benzene rings is 1. The van der Waals surface area contributed by atoms with E-state index in [1.54, 1.807) is 0 Å². The van der Waals surface area contributed by atoms with E-state index >= 15 is 0 Å². The van der Waals surface area contributed by atoms with Gasteiger partial charge in [-0.3, -0.25) is 4.79 Å². The van der Waals surface area contributed by atoms with Crippen molar-refractivity contribution >= 4 is 5.97 Å². The topological polar surface area (TPSA) is 37.3 Å². The summed E-state index contributed by atoms with van der Waals surface area (Å²) in [7, 11) is 0. The van der Waals surface area contributed by atoms with Gasteiger partial charge in [-0.05, 0) is 12.0 Å². The normalized spacial score (nSPS) is 8.67. The second-order valence-corrected chi connectivity index (χ2v) is 2.38. The van der Waals surface area contributed by atoms with E-state index in [1.807, 2.05) is 30.3 Å². The second kappa shape index (κ2) is 5.79. The van der Waals surface area contributed by atoms with Crippen LogP contribution < -0.4 is 0 Å². The zero-order chi connectivity index (χ0) is 8.10. The van der Waals surface area contributed by atoms with Crippen molar-refractivity contribution in [3.8, 4) is 0 Å². The van der Waals surface area contributed by atoms with Crippen molar-refractivity contribution in [3.63, 3.8) is 0 Å². The van der Waals surface area contributed by atoms with Crippen LogP contribution in [0, 0.1) is 0 Å². The van der Waals surface area contributed by atoms with Crippen LogP contribution in [0.4, 0.5) is 0 Å². The van der Waals surface area contributed by atoms with E-state index in [0.717, 1.165) is 5.56 Å². The molecular formula is C9H10NiO2. The molecule has 1 N–H and O–H groups in total. The molecule has 0 spiro atoms. The zero-order valence-corrected chi connectivity index (χ0v) is 7.46. The van der Waals surface area contributed by atoms with Crippen LogP contribution >= 0.6 is 0 Å². The van der Waals surface area contributed by atoms with Gasteiger partial charge >= 0.3 is 5.97 Å². The Kier molecular flexibility index (Phi) is 5.39. The maximum absolute atomic E-state index is 10.2. The fraction of sp³-hybridized carbons (Fsp3) is 0.222. The van der Waals surface area contributed by atoms with E-state index in [0.29, 0.717) is 6.42 Å². The third-order valence-corrected chi connectivity index (χ3v) is 1.47. The van der Waals surface area contributed by atoms with Gasteiger partial charge in [0.1, 0.15) is 0 Å². The molecule has 0 aliphatic heterocycles. The maximum Gasteiger partial charge on any atom is 0.303 e. The first-order chi connectivity index (χ1) is 5.29. The Labute approximate surface area is 81.5 Å². The molecule has 0 aromatic heterocycles. The molecule has 2 nitrogen and oxygen atoms in total. The average Bonchev–Trinajstić information content (AvgIpc) is 2.03. The molecule has 68 valence electrons. The molecule has 0 saturated heterocycles. The van der Waals surface area contributed by atoms with Crippen molar-refractivity contribution < 1.29 is 26.4 Å². The molecular weight excluding hydrogens is 199 g/mol. The van der Waals surface area contributed by atoms with E-state index in [9.17, 15) is 4.79 Å². The molecule has 1 rings (SSSR count). The van der Waals surface area contributed by atoms with Gasteiger partial charge in [-0.25, -0.2) is 0 Å². The fourth-order valence-electron chi connectivity index (χ4n) is 0.896. The molecule has 1 aromatic carbocycles. The SMILES string of the molecule is O=C(O)CCc1ccccc1.[Ni]. The third kappa shape index (κ3) is 4.14. The van der Waals surface area contributed by atoms with Crippen LogP contribution in [0.5, 0.6) is 0 Å². The Hall–Kier alpha value is -0.816. The molecule has 0 unspecified atom stereocenters. The molecule has 3 heteroatoms. The van der Waals surface area contributed by atoms with Crippen molar-refractivity contribution in [2.75, 3.05) is 0 Å². The predicted molar refractivity (Wildman–Crippen MR) is 42.4 cm³/mol. The summed E-state index contributed by atoms with van der Waals surface area (Å²) in [6.45, 7) is 0. The minimum atomic E-state index is -0.742. The maximum atomic E-state index is 10.2. The van der Waals surface area contributed by atoms with Gasteiger partial charge in [0.25, 0.3) is 0 Å². The first kappa shape index (κ1) is 11.2. The van der Waals surface area contributed by atoms with Gasteiger partial charge in [-0.1, -0.05) is 30.3 Å². The van der Waals surface area contributed by atoms with Gasteiger partial charge < -0.3 is 5.11 Å². The largest absolute Gasteiger partial charge is 0.481 e. The van der Waals surface area contributed by atoms with Crippen LogP contribution in [0.1, 0.15) is 12.0 Å². The molecule has 0 saturated carbocycles. The van der Waals surface area contributed by atoms with Crippen LogP contribution in [0.3, 0.4) is 0 Å². The van der Waals surface area contributed by atoms with Crippen molar-refractivity contribution in [3.05, 3.63) is 35.9 Å². The quantitative estimate of drug-likeness (QED) is 0.769. The fourth-order valence-corrected chi connectivity index (χ4v) is 0.896. The summed E-state index contributed by atoms with van der Waals surface area (Å²) in [6, 6.07) is 9.62. The Bertz CT molecular complexity index is 234. The first-order valence-electron chi connectivity index (χ1n) is 3.55. The molecule has 0 fully saturated rings. The number of aliphatic carboxylic acids is 1. The Balaban J connectivity index is 0.00000121. The molecule has 1 aromatic rings. The second-order valence-electron chi connectivity index (χ2n) is 2.38. The van der Waals surface area contributed by atoms with Crippen LogP contribution in [-0.4, -0.2) is 11.1 Å². The minimum absolute atomic E-state index is 0. The Morgan fingerprint density at radius 1 is 1.25 bits per heavy atom. The number of carboxylic acids is 1. The molecule has 0 atom stereocenters. The number of hydrogen-bond donors (Lipinski definition) is 1. The standard InChI is InChI=1S/C9H10O2.Ni/c10-9(11)7-6-8-4-2-1-3-5-8;/h1-5H,6-7H2,(H,10,11);. The number of carboxylic acid groups (broad SMARTS) is 1. The van der Waals surface area contributed by atoms with Crippen LogP contribution in [-0.2, 0) is 27.7 Å². The Morgan fingerprint density at radius 3 is 2.33 bits per heavy atom. The van der Waals surface area contributed by atoms with Crippen molar-refractivity contribution in [2.24, 2.45) is 0 Å². The van der Waals surface area contributed by atoms with Gasteiger partial charge in [0.2, 0.25) is 0 Å². The van der Waals surface area contributed by atoms with E-state index < -0.39 is 5.97 Å². The average molecular weight is 209 g/mol. The monoisotopic (exact) mass is 208 g/mol. The van der Waals surface area contributed by atoms with Crippen molar-refractivity contribution in [1.29, 1.82) is 0 Å². The summed E-state index contributed by atoms with van der Waals surface area (Å²) in [5.41, 5.74) is 1.08. The van der Waals surface area contributed by atoms with E-state index in [-0.39, 0.29) is 22.9 Å². The van der Waals surface area contributed by atoms with E-state index in [2.05, 4.69) is 0 Å². The summed E-state index contributed by atoms with van der Waals surface area (Å²) in [5, 5.41) is 8.37. The predicted octanol–water partition coefficient (Wildman–Crippen LogP) is 1.70. The molecule has 0 aliphatic rings. The van der Waals surface area contributed by atoms with Crippen LogP contribution in [0.2, 0.25) is 0 Å². The molecule has 0 amide bonds. The van der Waals surface area contributed by atoms with Gasteiger partial charge in [0.15, 0.2) is 0 Å². The Morgan fingerprint density at radius 2 is 1.83 bits per heavy atom. The third-order valence-electron chi connectivity index (χ3n) is 1.47. The molecule has 0 aliphatic carbocycles. The minimum Gasteiger partial charge on any atom is -0.481 e. The van der Waals surface area contributed by atoms with Gasteiger partial charge in [0, 0.05) is 22.9 Å². The smallest absolute Gasteiger partial charge is 0.303 e. The summed E-state index contributed by atoms with van der Waals surface area (Å²) < 4.78 is 0. The van der Waals surface area contributed by atoms with Gasteiger partial charge in [-0.2, -0.15) is 0 Å².